The molecule has 192 valence electrons. The van der Waals surface area contributed by atoms with Gasteiger partial charge in [0, 0.05) is 15.4 Å². The van der Waals surface area contributed by atoms with Crippen molar-refractivity contribution in [3.63, 3.8) is 0 Å². The number of ether oxygens (including phenoxy) is 2. The summed E-state index contributed by atoms with van der Waals surface area (Å²) in [5, 5.41) is 8.90. The van der Waals surface area contributed by atoms with Crippen molar-refractivity contribution in [2.24, 2.45) is 16.7 Å². The zero-order valence-corrected chi connectivity index (χ0v) is 23.9. The number of rotatable bonds is 14. The smallest absolute Gasteiger partial charge is 0.339 e. The Kier molecular flexibility index (Phi) is 12.2. The van der Waals surface area contributed by atoms with Crippen LogP contribution in [0.4, 0.5) is 0 Å². The molecule has 2 unspecified atom stereocenters. The molecule has 7 heteroatoms. The van der Waals surface area contributed by atoms with E-state index < -0.39 is 10.8 Å². The van der Waals surface area contributed by atoms with Gasteiger partial charge in [0.1, 0.15) is 12.4 Å². The highest BCUT2D eigenvalue weighted by Gasteiger charge is 2.41. The number of aryl methyl sites for hydroxylation is 2. The summed E-state index contributed by atoms with van der Waals surface area (Å²) in [7, 11) is 0. The second-order valence-electron chi connectivity index (χ2n) is 10.1. The number of aliphatic hydroxyl groups is 1. The molecule has 34 heavy (non-hydrogen) atoms. The first kappa shape index (κ1) is 30.6. The van der Waals surface area contributed by atoms with Crippen LogP contribution in [0.2, 0.25) is 0 Å². The first-order valence-corrected chi connectivity index (χ1v) is 13.1. The highest BCUT2D eigenvalue weighted by molar-refractivity contribution is 14.1. The zero-order valence-electron chi connectivity index (χ0n) is 21.8. The molecule has 0 heterocycles. The van der Waals surface area contributed by atoms with Crippen LogP contribution >= 0.6 is 22.6 Å². The Hall–Kier alpha value is -1.48. The fraction of sp³-hybridized carbons (Fsp3) is 0.667. The van der Waals surface area contributed by atoms with E-state index in [0.29, 0.717) is 37.7 Å². The van der Waals surface area contributed by atoms with Crippen LogP contribution in [0.1, 0.15) is 88.2 Å². The minimum absolute atomic E-state index is 0.0200. The highest BCUT2D eigenvalue weighted by Crippen LogP contribution is 2.41. The Bertz CT molecular complexity index is 863. The van der Waals surface area contributed by atoms with E-state index in [0.717, 1.165) is 14.7 Å². The lowest BCUT2D eigenvalue weighted by atomic mass is 9.66. The molecule has 0 aliphatic rings. The molecule has 0 aromatic heterocycles. The number of aliphatic hydroxyl groups excluding tert-OH is 1. The lowest BCUT2D eigenvalue weighted by Gasteiger charge is -2.37. The van der Waals surface area contributed by atoms with Gasteiger partial charge in [-0.05, 0) is 99.1 Å². The summed E-state index contributed by atoms with van der Waals surface area (Å²) in [4.78, 5) is 38.0. The molecule has 0 amide bonds. The van der Waals surface area contributed by atoms with Gasteiger partial charge in [-0.25, -0.2) is 4.79 Å². The Balaban J connectivity index is 2.60. The predicted octanol–water partition coefficient (Wildman–Crippen LogP) is 5.81. The van der Waals surface area contributed by atoms with Crippen molar-refractivity contribution < 1.29 is 29.0 Å². The summed E-state index contributed by atoms with van der Waals surface area (Å²) in [5.41, 5.74) is 1.36. The Labute approximate surface area is 218 Å². The van der Waals surface area contributed by atoms with Crippen LogP contribution in [0.3, 0.4) is 0 Å². The average molecular weight is 589 g/mol. The van der Waals surface area contributed by atoms with Crippen molar-refractivity contribution in [2.45, 2.75) is 80.6 Å². The molecule has 2 atom stereocenters. The van der Waals surface area contributed by atoms with Gasteiger partial charge in [-0.2, -0.15) is 0 Å². The topological polar surface area (TPSA) is 89.9 Å². The van der Waals surface area contributed by atoms with Gasteiger partial charge in [0.25, 0.3) is 0 Å². The van der Waals surface area contributed by atoms with E-state index in [1.165, 1.54) is 0 Å². The van der Waals surface area contributed by atoms with E-state index >= 15 is 0 Å². The number of esters is 2. The third-order valence-electron chi connectivity index (χ3n) is 6.80. The van der Waals surface area contributed by atoms with Crippen molar-refractivity contribution in [3.8, 4) is 0 Å². The molecule has 0 aliphatic carbocycles. The molecule has 0 spiro atoms. The molecule has 1 N–H and O–H groups in total. The second kappa shape index (κ2) is 13.6. The van der Waals surface area contributed by atoms with Crippen molar-refractivity contribution in [1.29, 1.82) is 0 Å². The van der Waals surface area contributed by atoms with E-state index in [9.17, 15) is 14.4 Å². The average Bonchev–Trinajstić information content (AvgIpc) is 2.77. The van der Waals surface area contributed by atoms with E-state index in [1.807, 2.05) is 60.6 Å². The summed E-state index contributed by atoms with van der Waals surface area (Å²) < 4.78 is 11.5. The van der Waals surface area contributed by atoms with Gasteiger partial charge in [-0.3, -0.25) is 9.59 Å². The lowest BCUT2D eigenvalue weighted by molar-refractivity contribution is -0.157. The van der Waals surface area contributed by atoms with Crippen LogP contribution in [-0.2, 0) is 19.1 Å². The fourth-order valence-electron chi connectivity index (χ4n) is 4.24. The van der Waals surface area contributed by atoms with Gasteiger partial charge < -0.3 is 14.6 Å². The first-order valence-electron chi connectivity index (χ1n) is 12.0. The third kappa shape index (κ3) is 8.33. The van der Waals surface area contributed by atoms with Gasteiger partial charge in [0.05, 0.1) is 24.2 Å². The Morgan fingerprint density at radius 1 is 1.06 bits per heavy atom. The summed E-state index contributed by atoms with van der Waals surface area (Å²) in [6.45, 7) is 13.6. The molecule has 1 aromatic rings. The summed E-state index contributed by atoms with van der Waals surface area (Å²) in [5.74, 6) is -0.548. The van der Waals surface area contributed by atoms with Crippen molar-refractivity contribution in [3.05, 3.63) is 32.4 Å². The standard InChI is InChI=1S/C27H41IO6/c1-8-27(7,20(4)17-26(5,6)25(32)34-14-12-29)22(30)11-9-10-13-33-24(31)21-16-18(2)15-19(3)23(21)28/h15-16,20,29H,8-14,17H2,1-7H3. The number of ketones is 1. The fourth-order valence-corrected chi connectivity index (χ4v) is 4.77. The van der Waals surface area contributed by atoms with Gasteiger partial charge in [-0.15, -0.1) is 0 Å². The molecule has 0 radical (unpaired) electrons. The highest BCUT2D eigenvalue weighted by atomic mass is 127. The maximum Gasteiger partial charge on any atom is 0.339 e. The van der Waals surface area contributed by atoms with Crippen molar-refractivity contribution >= 4 is 40.3 Å². The molecular formula is C27H41IO6. The van der Waals surface area contributed by atoms with E-state index in [2.05, 4.69) is 22.6 Å². The number of unbranched alkanes of at least 4 members (excludes halogenated alkanes) is 1. The van der Waals surface area contributed by atoms with Crippen LogP contribution in [0, 0.1) is 34.2 Å². The van der Waals surface area contributed by atoms with Crippen LogP contribution in [0.5, 0.6) is 0 Å². The molecule has 1 aromatic carbocycles. The molecule has 1 rings (SSSR count). The van der Waals surface area contributed by atoms with E-state index in [-0.39, 0.29) is 43.5 Å². The molecule has 0 saturated heterocycles. The molecular weight excluding hydrogens is 547 g/mol. The quantitative estimate of drug-likeness (QED) is 0.168. The summed E-state index contributed by atoms with van der Waals surface area (Å²) in [6, 6.07) is 3.88. The summed E-state index contributed by atoms with van der Waals surface area (Å²) in [6.07, 6.45) is 2.85. The monoisotopic (exact) mass is 588 g/mol. The van der Waals surface area contributed by atoms with Gasteiger partial charge in [-0.1, -0.05) is 26.8 Å². The maximum atomic E-state index is 13.1. The van der Waals surface area contributed by atoms with Crippen molar-refractivity contribution in [1.82, 2.24) is 0 Å². The van der Waals surface area contributed by atoms with Crippen LogP contribution in [0.25, 0.3) is 0 Å². The minimum atomic E-state index is -0.745. The number of hydrogen-bond donors (Lipinski definition) is 1. The number of Topliss-reactive ketones (excluding diaryl/α,β-unsaturated/α-hetero) is 1. The predicted molar refractivity (Wildman–Crippen MR) is 142 cm³/mol. The first-order chi connectivity index (χ1) is 15.8. The maximum absolute atomic E-state index is 13.1. The number of hydrogen-bond acceptors (Lipinski definition) is 6. The molecule has 6 nitrogen and oxygen atoms in total. The number of benzene rings is 1. The van der Waals surface area contributed by atoms with Gasteiger partial charge >= 0.3 is 11.9 Å². The zero-order chi connectivity index (χ0) is 26.1. The molecule has 0 bridgehead atoms. The third-order valence-corrected chi connectivity index (χ3v) is 8.23. The lowest BCUT2D eigenvalue weighted by Crippen LogP contribution is -2.39. The Morgan fingerprint density at radius 2 is 1.71 bits per heavy atom. The van der Waals surface area contributed by atoms with E-state index in [4.69, 9.17) is 14.6 Å². The van der Waals surface area contributed by atoms with Crippen LogP contribution in [-0.4, -0.2) is 42.6 Å². The Morgan fingerprint density at radius 3 is 2.29 bits per heavy atom. The molecule has 0 aliphatic heterocycles. The van der Waals surface area contributed by atoms with Crippen LogP contribution < -0.4 is 0 Å². The molecule has 0 saturated carbocycles. The van der Waals surface area contributed by atoms with Crippen molar-refractivity contribution in [2.75, 3.05) is 19.8 Å². The minimum Gasteiger partial charge on any atom is -0.463 e. The number of halogens is 1. The number of carbonyl (C=O) groups excluding carboxylic acids is 3. The SMILES string of the molecule is CCC(C)(C(=O)CCCCOC(=O)c1cc(C)cc(C)c1I)C(C)CC(C)(C)C(=O)OCCO. The summed E-state index contributed by atoms with van der Waals surface area (Å²) >= 11 is 2.17. The number of carbonyl (C=O) groups is 3. The second-order valence-corrected chi connectivity index (χ2v) is 11.2. The van der Waals surface area contributed by atoms with Crippen LogP contribution in [0.15, 0.2) is 12.1 Å². The normalized spacial score (nSPS) is 14.3. The largest absolute Gasteiger partial charge is 0.463 e. The van der Waals surface area contributed by atoms with Gasteiger partial charge in [0.2, 0.25) is 0 Å². The van der Waals surface area contributed by atoms with E-state index in [1.54, 1.807) is 0 Å². The molecule has 0 fully saturated rings. The van der Waals surface area contributed by atoms with Gasteiger partial charge in [0.15, 0.2) is 0 Å².